The Hall–Kier alpha value is -1.24. The Morgan fingerprint density at radius 1 is 1.31 bits per heavy atom. The molecule has 1 aromatic rings. The van der Waals surface area contributed by atoms with Gasteiger partial charge >= 0.3 is 0 Å². The molecule has 0 N–H and O–H groups in total. The smallest absolute Gasteiger partial charge is 0.0510 e. The summed E-state index contributed by atoms with van der Waals surface area (Å²) in [5, 5.41) is 7.04. The topological polar surface area (TPSA) is 14.1 Å². The monoisotopic (exact) mass is 172 g/mol. The van der Waals surface area contributed by atoms with E-state index in [-0.39, 0.29) is 0 Å². The zero-order valence-corrected chi connectivity index (χ0v) is 8.12. The standard InChI is InChI=1S/C12H14N/c1-3-9(2)12-11-7-5-4-6-10(11)8-13-12/h4-9H,3H2,1-2H3. The molecule has 1 aromatic carbocycles. The highest BCUT2D eigenvalue weighted by atomic mass is 14.9. The number of hydrogen-bond acceptors (Lipinski definition) is 0. The molecule has 13 heavy (non-hydrogen) atoms. The van der Waals surface area contributed by atoms with Gasteiger partial charge in [-0.05, 0) is 12.3 Å². The lowest BCUT2D eigenvalue weighted by atomic mass is 10.0. The molecule has 0 aromatic heterocycles. The van der Waals surface area contributed by atoms with Crippen molar-refractivity contribution in [1.29, 1.82) is 0 Å². The molecule has 2 rings (SSSR count). The minimum atomic E-state index is 0.569. The first-order valence-electron chi connectivity index (χ1n) is 4.83. The van der Waals surface area contributed by atoms with E-state index < -0.39 is 0 Å². The molecule has 0 bridgehead atoms. The first kappa shape index (κ1) is 8.36. The van der Waals surface area contributed by atoms with Crippen molar-refractivity contribution < 1.29 is 0 Å². The molecule has 1 aliphatic heterocycles. The molecule has 0 fully saturated rings. The largest absolute Gasteiger partial charge is 0.260 e. The van der Waals surface area contributed by atoms with Gasteiger partial charge in [0.25, 0.3) is 0 Å². The third-order valence-corrected chi connectivity index (χ3v) is 2.66. The average Bonchev–Trinajstić information content (AvgIpc) is 2.60. The number of rotatable bonds is 2. The quantitative estimate of drug-likeness (QED) is 0.636. The van der Waals surface area contributed by atoms with Crippen molar-refractivity contribution in [2.75, 3.05) is 0 Å². The van der Waals surface area contributed by atoms with E-state index in [1.165, 1.54) is 16.1 Å². The Kier molecular flexibility index (Phi) is 2.09. The van der Waals surface area contributed by atoms with Crippen LogP contribution in [0.15, 0.2) is 24.3 Å². The summed E-state index contributed by atoms with van der Waals surface area (Å²) in [7, 11) is 0. The van der Waals surface area contributed by atoms with E-state index in [0.717, 1.165) is 6.42 Å². The molecule has 1 unspecified atom stereocenters. The first-order chi connectivity index (χ1) is 6.33. The van der Waals surface area contributed by atoms with Gasteiger partial charge in [0, 0.05) is 16.6 Å². The second kappa shape index (κ2) is 3.25. The van der Waals surface area contributed by atoms with Crippen molar-refractivity contribution in [1.82, 2.24) is 5.32 Å². The summed E-state index contributed by atoms with van der Waals surface area (Å²) in [6, 6.07) is 8.42. The van der Waals surface area contributed by atoms with Crippen LogP contribution in [-0.2, 0) is 0 Å². The molecule has 0 aliphatic carbocycles. The van der Waals surface area contributed by atoms with Crippen LogP contribution in [0.3, 0.4) is 0 Å². The van der Waals surface area contributed by atoms with Crippen molar-refractivity contribution in [3.8, 4) is 0 Å². The van der Waals surface area contributed by atoms with Gasteiger partial charge in [0.1, 0.15) is 0 Å². The van der Waals surface area contributed by atoms with E-state index >= 15 is 0 Å². The van der Waals surface area contributed by atoms with Crippen LogP contribution in [0.5, 0.6) is 0 Å². The van der Waals surface area contributed by atoms with Gasteiger partial charge in [0.15, 0.2) is 0 Å². The Morgan fingerprint density at radius 3 is 2.85 bits per heavy atom. The first-order valence-corrected chi connectivity index (χ1v) is 4.83. The summed E-state index contributed by atoms with van der Waals surface area (Å²) in [6.45, 7) is 4.43. The van der Waals surface area contributed by atoms with Crippen molar-refractivity contribution in [2.24, 2.45) is 5.92 Å². The zero-order valence-electron chi connectivity index (χ0n) is 8.12. The molecule has 0 saturated heterocycles. The number of nitrogens with zero attached hydrogens (tertiary/aromatic N) is 1. The van der Waals surface area contributed by atoms with Gasteiger partial charge in [0.05, 0.1) is 5.70 Å². The van der Waals surface area contributed by atoms with E-state index in [0.29, 0.717) is 5.92 Å². The average molecular weight is 172 g/mol. The lowest BCUT2D eigenvalue weighted by molar-refractivity contribution is 0.692. The molecule has 1 nitrogen and oxygen atoms in total. The number of benzene rings is 1. The van der Waals surface area contributed by atoms with Crippen molar-refractivity contribution in [3.63, 3.8) is 0 Å². The fourth-order valence-corrected chi connectivity index (χ4v) is 1.64. The van der Waals surface area contributed by atoms with Crippen LogP contribution in [-0.4, -0.2) is 0 Å². The Labute approximate surface area is 78.8 Å². The van der Waals surface area contributed by atoms with Gasteiger partial charge in [-0.3, -0.25) is 5.32 Å². The fraction of sp³-hybridized carbons (Fsp3) is 0.333. The normalized spacial score (nSPS) is 16.0. The third-order valence-electron chi connectivity index (χ3n) is 2.66. The predicted octanol–water partition coefficient (Wildman–Crippen LogP) is 1.20. The van der Waals surface area contributed by atoms with Crippen LogP contribution in [0.1, 0.15) is 20.3 Å². The molecule has 1 heterocycles. The summed E-state index contributed by atoms with van der Waals surface area (Å²) in [5.41, 5.74) is 1.25. The van der Waals surface area contributed by atoms with Gasteiger partial charge in [-0.2, -0.15) is 0 Å². The molecule has 1 aliphatic rings. The van der Waals surface area contributed by atoms with Crippen molar-refractivity contribution in [2.45, 2.75) is 20.3 Å². The van der Waals surface area contributed by atoms with E-state index in [1.54, 1.807) is 0 Å². The SMILES string of the molecule is CCC(C)C1=c2ccccc2=C[N]1. The second-order valence-electron chi connectivity index (χ2n) is 3.54. The summed E-state index contributed by atoms with van der Waals surface area (Å²) in [6.07, 6.45) is 3.12. The molecule has 1 heteroatoms. The summed E-state index contributed by atoms with van der Waals surface area (Å²) in [4.78, 5) is 0. The van der Waals surface area contributed by atoms with E-state index in [1.807, 2.05) is 6.20 Å². The van der Waals surface area contributed by atoms with Gasteiger partial charge in [0.2, 0.25) is 0 Å². The van der Waals surface area contributed by atoms with Crippen molar-refractivity contribution >= 4 is 11.9 Å². The molecule has 0 amide bonds. The fourth-order valence-electron chi connectivity index (χ4n) is 1.64. The molecular formula is C12H14N. The van der Waals surface area contributed by atoms with E-state index in [9.17, 15) is 0 Å². The molecule has 1 atom stereocenters. The van der Waals surface area contributed by atoms with Gasteiger partial charge in [-0.1, -0.05) is 38.1 Å². The lowest BCUT2D eigenvalue weighted by Crippen LogP contribution is -2.23. The highest BCUT2D eigenvalue weighted by molar-refractivity contribution is 5.56. The minimum absolute atomic E-state index is 0.569. The number of fused-ring (bicyclic) bond motifs is 1. The maximum Gasteiger partial charge on any atom is 0.0510 e. The van der Waals surface area contributed by atoms with Crippen LogP contribution < -0.4 is 15.8 Å². The molecule has 67 valence electrons. The Balaban J connectivity index is 2.60. The summed E-state index contributed by atoms with van der Waals surface area (Å²) >= 11 is 0. The van der Waals surface area contributed by atoms with Crippen LogP contribution in [0.2, 0.25) is 0 Å². The third kappa shape index (κ3) is 1.35. The molecule has 0 spiro atoms. The van der Waals surface area contributed by atoms with Gasteiger partial charge in [-0.15, -0.1) is 0 Å². The Morgan fingerprint density at radius 2 is 2.08 bits per heavy atom. The minimum Gasteiger partial charge on any atom is -0.260 e. The van der Waals surface area contributed by atoms with Crippen LogP contribution >= 0.6 is 0 Å². The van der Waals surface area contributed by atoms with Gasteiger partial charge < -0.3 is 0 Å². The van der Waals surface area contributed by atoms with Crippen LogP contribution in [0, 0.1) is 5.92 Å². The van der Waals surface area contributed by atoms with Crippen LogP contribution in [0.25, 0.3) is 11.9 Å². The van der Waals surface area contributed by atoms with E-state index in [4.69, 9.17) is 0 Å². The zero-order chi connectivity index (χ0) is 9.26. The summed E-state index contributed by atoms with van der Waals surface area (Å²) in [5.74, 6) is 0.569. The predicted molar refractivity (Wildman–Crippen MR) is 55.2 cm³/mol. The second-order valence-corrected chi connectivity index (χ2v) is 3.54. The summed E-state index contributed by atoms with van der Waals surface area (Å²) < 4.78 is 0. The molecular weight excluding hydrogens is 158 g/mol. The van der Waals surface area contributed by atoms with Gasteiger partial charge in [-0.25, -0.2) is 0 Å². The highest BCUT2D eigenvalue weighted by Gasteiger charge is 2.11. The Bertz CT molecular complexity index is 417. The highest BCUT2D eigenvalue weighted by Crippen LogP contribution is 2.13. The molecule has 1 radical (unpaired) electrons. The van der Waals surface area contributed by atoms with Crippen molar-refractivity contribution in [3.05, 3.63) is 34.7 Å². The molecule has 0 saturated carbocycles. The maximum atomic E-state index is 4.47. The number of hydrogen-bond donors (Lipinski definition) is 0. The van der Waals surface area contributed by atoms with Crippen LogP contribution in [0.4, 0.5) is 0 Å². The van der Waals surface area contributed by atoms with E-state index in [2.05, 4.69) is 43.4 Å². The lowest BCUT2D eigenvalue weighted by Gasteiger charge is -2.08. The maximum absolute atomic E-state index is 4.47.